The maximum Gasteiger partial charge on any atom is 0.350 e. The van der Waals surface area contributed by atoms with Gasteiger partial charge in [-0.1, -0.05) is 29.5 Å². The van der Waals surface area contributed by atoms with E-state index in [1.54, 1.807) is 49.4 Å². The minimum atomic E-state index is -1.08. The second-order valence-electron chi connectivity index (χ2n) is 8.38. The smallest absolute Gasteiger partial charge is 0.350 e. The Hall–Kier alpha value is -4.38. The number of nitrogens with zero attached hydrogens (tertiary/aromatic N) is 2. The molecule has 39 heavy (non-hydrogen) atoms. The number of hydrogen-bond donors (Lipinski definition) is 1. The lowest BCUT2D eigenvalue weighted by Crippen LogP contribution is -2.29. The highest BCUT2D eigenvalue weighted by Crippen LogP contribution is 2.45. The average Bonchev–Trinajstić information content (AvgIpc) is 3.45. The number of carbonyl (C=O) groups excluding carboxylic acids is 3. The third kappa shape index (κ3) is 5.17. The Labute approximate surface area is 229 Å². The summed E-state index contributed by atoms with van der Waals surface area (Å²) in [5.74, 6) is -1.45. The number of aliphatic hydroxyl groups excluding tert-OH is 1. The van der Waals surface area contributed by atoms with Crippen molar-refractivity contribution in [2.75, 3.05) is 32.3 Å². The molecule has 10 nitrogen and oxygen atoms in total. The van der Waals surface area contributed by atoms with Gasteiger partial charge in [-0.15, -0.1) is 0 Å². The largest absolute Gasteiger partial charge is 0.507 e. The first-order valence-electron chi connectivity index (χ1n) is 12.2. The Bertz CT molecular complexity index is 1460. The molecule has 2 heterocycles. The number of aromatic nitrogens is 1. The number of ether oxygens (including phenoxy) is 4. The molecular formula is C28H28N2O8S. The number of rotatable bonds is 9. The van der Waals surface area contributed by atoms with Crippen LogP contribution < -0.4 is 19.1 Å². The number of aliphatic hydroxyl groups is 1. The van der Waals surface area contributed by atoms with Gasteiger partial charge in [0.05, 0.1) is 44.7 Å². The molecule has 0 bridgehead atoms. The molecule has 11 heteroatoms. The Kier molecular flexibility index (Phi) is 8.20. The average molecular weight is 553 g/mol. The molecule has 3 aromatic rings. The maximum atomic E-state index is 13.5. The van der Waals surface area contributed by atoms with Crippen LogP contribution in [0, 0.1) is 6.92 Å². The second kappa shape index (κ2) is 11.6. The number of amides is 1. The van der Waals surface area contributed by atoms with Crippen LogP contribution in [0.5, 0.6) is 17.2 Å². The van der Waals surface area contributed by atoms with Crippen molar-refractivity contribution in [1.82, 2.24) is 4.98 Å². The van der Waals surface area contributed by atoms with E-state index in [0.29, 0.717) is 47.3 Å². The monoisotopic (exact) mass is 552 g/mol. The Morgan fingerprint density at radius 1 is 1.05 bits per heavy atom. The first-order valence-corrected chi connectivity index (χ1v) is 13.0. The van der Waals surface area contributed by atoms with Crippen molar-refractivity contribution < 1.29 is 38.4 Å². The zero-order valence-electron chi connectivity index (χ0n) is 22.1. The van der Waals surface area contributed by atoms with Crippen molar-refractivity contribution in [3.8, 4) is 17.2 Å². The molecule has 204 valence electrons. The molecule has 1 aliphatic rings. The third-order valence-electron chi connectivity index (χ3n) is 6.03. The summed E-state index contributed by atoms with van der Waals surface area (Å²) in [7, 11) is 2.72. The van der Waals surface area contributed by atoms with Gasteiger partial charge in [0.1, 0.15) is 16.4 Å². The number of Topliss-reactive ketones (excluding diaryl/α,β-unsaturated/α-hetero) is 1. The Morgan fingerprint density at radius 3 is 2.46 bits per heavy atom. The number of carbonyl (C=O) groups is 3. The fourth-order valence-corrected chi connectivity index (χ4v) is 5.31. The predicted molar refractivity (Wildman–Crippen MR) is 145 cm³/mol. The van der Waals surface area contributed by atoms with Crippen LogP contribution in [0.1, 0.15) is 46.4 Å². The Balaban J connectivity index is 1.95. The van der Waals surface area contributed by atoms with Gasteiger partial charge in [0.15, 0.2) is 16.6 Å². The van der Waals surface area contributed by atoms with Crippen LogP contribution >= 0.6 is 11.3 Å². The van der Waals surface area contributed by atoms with Crippen molar-refractivity contribution in [3.63, 3.8) is 0 Å². The van der Waals surface area contributed by atoms with Crippen LogP contribution in [0.2, 0.25) is 0 Å². The molecule has 0 spiro atoms. The van der Waals surface area contributed by atoms with Crippen LogP contribution in [-0.4, -0.2) is 55.2 Å². The molecule has 2 aromatic carbocycles. The second-order valence-corrected chi connectivity index (χ2v) is 9.35. The lowest BCUT2D eigenvalue weighted by Gasteiger charge is -2.24. The van der Waals surface area contributed by atoms with E-state index in [-0.39, 0.29) is 21.3 Å². The molecule has 1 N–H and O–H groups in total. The number of ketones is 1. The highest BCUT2D eigenvalue weighted by Gasteiger charge is 2.48. The molecule has 1 atom stereocenters. The van der Waals surface area contributed by atoms with Crippen molar-refractivity contribution >= 4 is 39.9 Å². The number of benzene rings is 2. The first kappa shape index (κ1) is 27.6. The van der Waals surface area contributed by atoms with Crippen molar-refractivity contribution in [2.24, 2.45) is 0 Å². The van der Waals surface area contributed by atoms with Crippen molar-refractivity contribution in [1.29, 1.82) is 0 Å². The zero-order valence-corrected chi connectivity index (χ0v) is 23.0. The van der Waals surface area contributed by atoms with Crippen molar-refractivity contribution in [3.05, 3.63) is 69.7 Å². The molecule has 1 saturated heterocycles. The van der Waals surface area contributed by atoms with Gasteiger partial charge < -0.3 is 24.1 Å². The normalized spacial score (nSPS) is 16.3. The van der Waals surface area contributed by atoms with Crippen LogP contribution in [-0.2, 0) is 14.3 Å². The van der Waals surface area contributed by atoms with Gasteiger partial charge in [0.2, 0.25) is 0 Å². The summed E-state index contributed by atoms with van der Waals surface area (Å²) in [6, 6.07) is 10.5. The summed E-state index contributed by atoms with van der Waals surface area (Å²) in [5, 5.41) is 11.5. The summed E-state index contributed by atoms with van der Waals surface area (Å²) < 4.78 is 21.5. The number of methoxy groups -OCH3 is 2. The zero-order chi connectivity index (χ0) is 28.3. The fraction of sp³-hybridized carbons (Fsp3) is 0.286. The molecule has 4 rings (SSSR count). The van der Waals surface area contributed by atoms with E-state index in [1.165, 1.54) is 19.1 Å². The minimum Gasteiger partial charge on any atom is -0.507 e. The molecule has 1 unspecified atom stereocenters. The molecule has 1 aliphatic heterocycles. The van der Waals surface area contributed by atoms with Gasteiger partial charge in [-0.25, -0.2) is 9.78 Å². The quantitative estimate of drug-likeness (QED) is 0.174. The molecule has 0 saturated carbocycles. The summed E-state index contributed by atoms with van der Waals surface area (Å²) in [4.78, 5) is 45.0. The standard InChI is InChI=1S/C28H28N2O8S/c1-6-37-18-10-8-9-17(13-18)23(31)21-22(16-11-12-19(38-7-2)20(14-16)35-4)30(26(33)24(21)32)28-29-15(3)25(39-28)27(34)36-5/h8-14,22,31H,6-7H2,1-5H3. The molecule has 1 fully saturated rings. The minimum absolute atomic E-state index is 0.106. The lowest BCUT2D eigenvalue weighted by molar-refractivity contribution is -0.132. The summed E-state index contributed by atoms with van der Waals surface area (Å²) >= 11 is 0.921. The van der Waals surface area contributed by atoms with Gasteiger partial charge in [-0.2, -0.15) is 0 Å². The van der Waals surface area contributed by atoms with Gasteiger partial charge in [0, 0.05) is 5.56 Å². The number of thiazole rings is 1. The molecule has 1 amide bonds. The van der Waals surface area contributed by atoms with Gasteiger partial charge in [-0.3, -0.25) is 14.5 Å². The molecule has 1 aromatic heterocycles. The van der Waals surface area contributed by atoms with E-state index in [2.05, 4.69) is 4.98 Å². The lowest BCUT2D eigenvalue weighted by atomic mass is 9.95. The van der Waals surface area contributed by atoms with E-state index in [9.17, 15) is 19.5 Å². The van der Waals surface area contributed by atoms with E-state index in [0.717, 1.165) is 11.3 Å². The van der Waals surface area contributed by atoms with Crippen LogP contribution in [0.4, 0.5) is 5.13 Å². The SMILES string of the molecule is CCOc1cccc(C(O)=C2C(=O)C(=O)N(c3nc(C)c(C(=O)OC)s3)C2c2ccc(OCC)c(OC)c2)c1. The van der Waals surface area contributed by atoms with Crippen LogP contribution in [0.3, 0.4) is 0 Å². The number of hydrogen-bond acceptors (Lipinski definition) is 10. The summed E-state index contributed by atoms with van der Waals surface area (Å²) in [6.07, 6.45) is 0. The number of anilines is 1. The molecule has 0 radical (unpaired) electrons. The summed E-state index contributed by atoms with van der Waals surface area (Å²) in [6.45, 7) is 6.08. The van der Waals surface area contributed by atoms with Crippen molar-refractivity contribution in [2.45, 2.75) is 26.8 Å². The van der Waals surface area contributed by atoms with Gasteiger partial charge >= 0.3 is 11.9 Å². The van der Waals surface area contributed by atoms with E-state index < -0.39 is 23.7 Å². The first-order chi connectivity index (χ1) is 18.7. The number of esters is 1. The van der Waals surface area contributed by atoms with Crippen LogP contribution in [0.15, 0.2) is 48.0 Å². The number of aryl methyl sites for hydroxylation is 1. The topological polar surface area (TPSA) is 124 Å². The van der Waals surface area contributed by atoms with Gasteiger partial charge in [0.25, 0.3) is 5.78 Å². The Morgan fingerprint density at radius 2 is 1.79 bits per heavy atom. The highest BCUT2D eigenvalue weighted by molar-refractivity contribution is 7.17. The molecule has 0 aliphatic carbocycles. The van der Waals surface area contributed by atoms with E-state index in [1.807, 2.05) is 13.8 Å². The van der Waals surface area contributed by atoms with E-state index in [4.69, 9.17) is 18.9 Å². The fourth-order valence-electron chi connectivity index (χ4n) is 4.30. The van der Waals surface area contributed by atoms with Crippen LogP contribution in [0.25, 0.3) is 5.76 Å². The highest BCUT2D eigenvalue weighted by atomic mass is 32.1. The van der Waals surface area contributed by atoms with E-state index >= 15 is 0 Å². The third-order valence-corrected chi connectivity index (χ3v) is 7.17. The summed E-state index contributed by atoms with van der Waals surface area (Å²) in [5.41, 5.74) is 0.959. The van der Waals surface area contributed by atoms with Gasteiger partial charge in [-0.05, 0) is 50.6 Å². The predicted octanol–water partition coefficient (Wildman–Crippen LogP) is 4.67. The maximum absolute atomic E-state index is 13.5. The molecular weight excluding hydrogens is 524 g/mol.